The maximum absolute atomic E-state index is 12.5. The number of nitrogens with one attached hydrogen (secondary N) is 2. The van der Waals surface area contributed by atoms with Crippen molar-refractivity contribution in [3.8, 4) is 0 Å². The number of likely N-dealkylation sites (tertiary alicyclic amines) is 1. The molecule has 3 atom stereocenters. The van der Waals surface area contributed by atoms with Gasteiger partial charge in [-0.05, 0) is 32.8 Å². The Balaban J connectivity index is 2.02. The summed E-state index contributed by atoms with van der Waals surface area (Å²) < 4.78 is 5.08. The molecule has 1 aromatic rings. The Morgan fingerprint density at radius 2 is 2.16 bits per heavy atom. The van der Waals surface area contributed by atoms with Gasteiger partial charge in [-0.1, -0.05) is 12.1 Å². The van der Waals surface area contributed by atoms with Gasteiger partial charge in [0.15, 0.2) is 6.04 Å². The van der Waals surface area contributed by atoms with E-state index in [1.54, 1.807) is 26.0 Å². The van der Waals surface area contributed by atoms with Gasteiger partial charge < -0.3 is 15.0 Å². The fourth-order valence-electron chi connectivity index (χ4n) is 3.12. The monoisotopic (exact) mass is 350 g/mol. The van der Waals surface area contributed by atoms with E-state index in [2.05, 4.69) is 5.32 Å². The topological polar surface area (TPSA) is 103 Å². The Morgan fingerprint density at radius 1 is 1.44 bits per heavy atom. The van der Waals surface area contributed by atoms with Gasteiger partial charge in [0.25, 0.3) is 11.6 Å². The Bertz CT molecular complexity index is 649. The van der Waals surface area contributed by atoms with Crippen LogP contribution in [-0.4, -0.2) is 42.5 Å². The van der Waals surface area contributed by atoms with E-state index >= 15 is 0 Å². The van der Waals surface area contributed by atoms with Crippen molar-refractivity contribution in [1.29, 1.82) is 0 Å². The highest BCUT2D eigenvalue weighted by Gasteiger charge is 2.35. The average molecular weight is 350 g/mol. The molecule has 1 heterocycles. The summed E-state index contributed by atoms with van der Waals surface area (Å²) >= 11 is 0. The van der Waals surface area contributed by atoms with Crippen LogP contribution >= 0.6 is 0 Å². The van der Waals surface area contributed by atoms with Gasteiger partial charge in [-0.3, -0.25) is 19.7 Å². The minimum atomic E-state index is -0.523. The standard InChI is InChI=1S/C17H23N3O5/c1-3-25-17(22)13-7-6-10-19(11-13)12(2)16(21)18-14-8-4-5-9-15(14)20(23)24/h4-5,8-9,12-13H,3,6-7,10-11H2,1-2H3,(H,18,21)/p+1/t12-,13+/m0/s1. The summed E-state index contributed by atoms with van der Waals surface area (Å²) in [6.07, 6.45) is 1.60. The van der Waals surface area contributed by atoms with Crippen LogP contribution in [0.1, 0.15) is 26.7 Å². The van der Waals surface area contributed by atoms with Gasteiger partial charge in [0.05, 0.1) is 24.6 Å². The lowest BCUT2D eigenvalue weighted by Crippen LogP contribution is -3.18. The maximum Gasteiger partial charge on any atom is 0.314 e. The lowest BCUT2D eigenvalue weighted by molar-refractivity contribution is -0.921. The van der Waals surface area contributed by atoms with E-state index in [-0.39, 0.29) is 29.2 Å². The molecule has 1 fully saturated rings. The van der Waals surface area contributed by atoms with Crippen LogP contribution in [0.15, 0.2) is 24.3 Å². The highest BCUT2D eigenvalue weighted by molar-refractivity contribution is 5.95. The predicted octanol–water partition coefficient (Wildman–Crippen LogP) is 0.780. The smallest absolute Gasteiger partial charge is 0.314 e. The van der Waals surface area contributed by atoms with Gasteiger partial charge in [-0.15, -0.1) is 0 Å². The molecular weight excluding hydrogens is 326 g/mol. The summed E-state index contributed by atoms with van der Waals surface area (Å²) in [6.45, 7) is 5.20. The van der Waals surface area contributed by atoms with Crippen LogP contribution in [0.3, 0.4) is 0 Å². The molecule has 0 spiro atoms. The molecule has 136 valence electrons. The van der Waals surface area contributed by atoms with Crippen LogP contribution < -0.4 is 10.2 Å². The molecule has 2 rings (SSSR count). The van der Waals surface area contributed by atoms with E-state index in [0.29, 0.717) is 13.2 Å². The molecule has 8 nitrogen and oxygen atoms in total. The number of carbonyl (C=O) groups excluding carboxylic acids is 2. The van der Waals surface area contributed by atoms with Crippen molar-refractivity contribution in [2.24, 2.45) is 5.92 Å². The number of nitrogens with zero attached hydrogens (tertiary/aromatic N) is 1. The first kappa shape index (κ1) is 18.9. The number of hydrogen-bond donors (Lipinski definition) is 2. The van der Waals surface area contributed by atoms with Gasteiger partial charge in [0, 0.05) is 6.07 Å². The van der Waals surface area contributed by atoms with Crippen LogP contribution in [0.2, 0.25) is 0 Å². The number of esters is 1. The number of carbonyl (C=O) groups is 2. The summed E-state index contributed by atoms with van der Waals surface area (Å²) in [4.78, 5) is 36.0. The van der Waals surface area contributed by atoms with Crippen LogP contribution in [0.5, 0.6) is 0 Å². The van der Waals surface area contributed by atoms with Gasteiger partial charge in [0.1, 0.15) is 11.6 Å². The first-order chi connectivity index (χ1) is 11.9. The zero-order valence-electron chi connectivity index (χ0n) is 14.5. The SMILES string of the molecule is CCOC(=O)[C@@H]1CCC[NH+]([C@@H](C)C(=O)Nc2ccccc2[N+](=O)[O-])C1. The van der Waals surface area contributed by atoms with E-state index in [0.717, 1.165) is 24.3 Å². The maximum atomic E-state index is 12.5. The van der Waals surface area contributed by atoms with E-state index in [9.17, 15) is 19.7 Å². The highest BCUT2D eigenvalue weighted by atomic mass is 16.6. The molecule has 0 saturated carbocycles. The van der Waals surface area contributed by atoms with Gasteiger partial charge in [0.2, 0.25) is 0 Å². The molecule has 8 heteroatoms. The highest BCUT2D eigenvalue weighted by Crippen LogP contribution is 2.23. The molecule has 1 aliphatic heterocycles. The van der Waals surface area contributed by atoms with Gasteiger partial charge >= 0.3 is 5.97 Å². The molecule has 1 saturated heterocycles. The first-order valence-corrected chi connectivity index (χ1v) is 8.49. The Hall–Kier alpha value is -2.48. The van der Waals surface area contributed by atoms with Crippen LogP contribution in [0.4, 0.5) is 11.4 Å². The van der Waals surface area contributed by atoms with Crippen molar-refractivity contribution in [3.05, 3.63) is 34.4 Å². The summed E-state index contributed by atoms with van der Waals surface area (Å²) in [5.74, 6) is -0.718. The second-order valence-electron chi connectivity index (χ2n) is 6.19. The molecule has 1 amide bonds. The van der Waals surface area contributed by atoms with E-state index in [4.69, 9.17) is 4.74 Å². The average Bonchev–Trinajstić information content (AvgIpc) is 2.61. The molecule has 25 heavy (non-hydrogen) atoms. The van der Waals surface area contributed by atoms with Crippen molar-refractivity contribution < 1.29 is 24.1 Å². The predicted molar refractivity (Wildman–Crippen MR) is 91.2 cm³/mol. The first-order valence-electron chi connectivity index (χ1n) is 8.49. The Labute approximate surface area is 146 Å². The van der Waals surface area contributed by atoms with Crippen molar-refractivity contribution in [1.82, 2.24) is 0 Å². The van der Waals surface area contributed by atoms with Crippen molar-refractivity contribution in [3.63, 3.8) is 0 Å². The molecular formula is C17H24N3O5+. The number of rotatable bonds is 6. The molecule has 0 bridgehead atoms. The molecule has 1 unspecified atom stereocenters. The van der Waals surface area contributed by atoms with E-state index in [1.807, 2.05) is 0 Å². The second-order valence-corrected chi connectivity index (χ2v) is 6.19. The largest absolute Gasteiger partial charge is 0.466 e. The Morgan fingerprint density at radius 3 is 2.84 bits per heavy atom. The van der Waals surface area contributed by atoms with Gasteiger partial charge in [-0.2, -0.15) is 0 Å². The summed E-state index contributed by atoms with van der Waals surface area (Å²) in [5, 5.41) is 13.7. The minimum Gasteiger partial charge on any atom is -0.466 e. The summed E-state index contributed by atoms with van der Waals surface area (Å²) in [5.41, 5.74) is 0.0452. The molecule has 1 aliphatic rings. The number of benzene rings is 1. The number of anilines is 1. The number of quaternary nitrogens is 1. The van der Waals surface area contributed by atoms with E-state index in [1.165, 1.54) is 12.1 Å². The zero-order chi connectivity index (χ0) is 18.4. The number of amides is 1. The molecule has 0 radical (unpaired) electrons. The third kappa shape index (κ3) is 4.76. The van der Waals surface area contributed by atoms with Crippen molar-refractivity contribution in [2.45, 2.75) is 32.7 Å². The molecule has 1 aromatic carbocycles. The third-order valence-corrected chi connectivity index (χ3v) is 4.54. The lowest BCUT2D eigenvalue weighted by atomic mass is 9.97. The lowest BCUT2D eigenvalue weighted by Gasteiger charge is -2.32. The van der Waals surface area contributed by atoms with Gasteiger partial charge in [-0.25, -0.2) is 0 Å². The van der Waals surface area contributed by atoms with Crippen LogP contribution in [-0.2, 0) is 14.3 Å². The number of piperidine rings is 1. The molecule has 0 aliphatic carbocycles. The number of para-hydroxylation sites is 2. The normalized spacial score (nSPS) is 21.2. The fraction of sp³-hybridized carbons (Fsp3) is 0.529. The Kier molecular flexibility index (Phi) is 6.46. The number of ether oxygens (including phenoxy) is 1. The molecule has 0 aromatic heterocycles. The zero-order valence-corrected chi connectivity index (χ0v) is 14.5. The third-order valence-electron chi connectivity index (χ3n) is 4.54. The summed E-state index contributed by atoms with van der Waals surface area (Å²) in [6, 6.07) is 5.63. The number of nitro groups is 1. The molecule has 2 N–H and O–H groups in total. The van der Waals surface area contributed by atoms with E-state index < -0.39 is 11.0 Å². The van der Waals surface area contributed by atoms with Crippen molar-refractivity contribution in [2.75, 3.05) is 25.0 Å². The quantitative estimate of drug-likeness (QED) is 0.448. The van der Waals surface area contributed by atoms with Crippen molar-refractivity contribution >= 4 is 23.3 Å². The number of nitro benzene ring substituents is 1. The minimum absolute atomic E-state index is 0.138. The fourth-order valence-corrected chi connectivity index (χ4v) is 3.12. The second kappa shape index (κ2) is 8.57. The van der Waals surface area contributed by atoms with Crippen LogP contribution in [0, 0.1) is 16.0 Å². The number of hydrogen-bond acceptors (Lipinski definition) is 5. The van der Waals surface area contributed by atoms with Crippen LogP contribution in [0.25, 0.3) is 0 Å². The summed E-state index contributed by atoms with van der Waals surface area (Å²) in [7, 11) is 0.